The van der Waals surface area contributed by atoms with Gasteiger partial charge in [-0.05, 0) is 37.5 Å². The van der Waals surface area contributed by atoms with E-state index in [1.165, 1.54) is 6.07 Å². The minimum Gasteiger partial charge on any atom is -0.481 e. The molecule has 2 rings (SSSR count). The van der Waals surface area contributed by atoms with Crippen LogP contribution in [0.3, 0.4) is 0 Å². The van der Waals surface area contributed by atoms with Crippen LogP contribution in [0.25, 0.3) is 0 Å². The molecular formula is C17H23NO5S. The van der Waals surface area contributed by atoms with Gasteiger partial charge in [0.05, 0.1) is 10.3 Å². The summed E-state index contributed by atoms with van der Waals surface area (Å²) in [5.74, 6) is -1.34. The number of carboxylic acid groups (broad SMARTS) is 1. The number of rotatable bonds is 5. The summed E-state index contributed by atoms with van der Waals surface area (Å²) in [5.41, 5.74) is -0.126. The summed E-state index contributed by atoms with van der Waals surface area (Å²) in [6, 6.07) is 4.47. The Bertz CT molecular complexity index is 748. The molecule has 0 aromatic heterocycles. The highest BCUT2D eigenvalue weighted by atomic mass is 32.2. The topological polar surface area (TPSA) is 101 Å². The van der Waals surface area contributed by atoms with E-state index in [0.29, 0.717) is 18.4 Å². The van der Waals surface area contributed by atoms with Crippen molar-refractivity contribution in [2.24, 2.45) is 5.41 Å². The summed E-state index contributed by atoms with van der Waals surface area (Å²) >= 11 is 0. The molecule has 0 aliphatic heterocycles. The number of hydrogen-bond donors (Lipinski definition) is 2. The van der Waals surface area contributed by atoms with E-state index in [4.69, 9.17) is 0 Å². The number of hydrogen-bond acceptors (Lipinski definition) is 4. The lowest BCUT2D eigenvalue weighted by atomic mass is 9.74. The Hall–Kier alpha value is -1.89. The smallest absolute Gasteiger partial charge is 0.311 e. The van der Waals surface area contributed by atoms with Crippen LogP contribution in [-0.2, 0) is 14.6 Å². The highest BCUT2D eigenvalue weighted by Crippen LogP contribution is 2.36. The van der Waals surface area contributed by atoms with Crippen LogP contribution in [0.15, 0.2) is 23.1 Å². The van der Waals surface area contributed by atoms with Crippen molar-refractivity contribution in [1.29, 1.82) is 0 Å². The zero-order valence-electron chi connectivity index (χ0n) is 14.0. The third-order valence-corrected chi connectivity index (χ3v) is 5.94. The molecule has 132 valence electrons. The summed E-state index contributed by atoms with van der Waals surface area (Å²) in [6.45, 7) is 1.72. The molecule has 0 atom stereocenters. The Balaban J connectivity index is 2.17. The number of amides is 1. The lowest BCUT2D eigenvalue weighted by Crippen LogP contribution is -2.44. The highest BCUT2D eigenvalue weighted by Gasteiger charge is 2.39. The molecule has 1 saturated carbocycles. The van der Waals surface area contributed by atoms with E-state index in [1.54, 1.807) is 19.1 Å². The van der Waals surface area contributed by atoms with Gasteiger partial charge in [-0.2, -0.15) is 0 Å². The van der Waals surface area contributed by atoms with Crippen molar-refractivity contribution in [2.75, 3.05) is 12.8 Å². The van der Waals surface area contributed by atoms with Crippen LogP contribution in [0.4, 0.5) is 0 Å². The maximum absolute atomic E-state index is 12.3. The van der Waals surface area contributed by atoms with E-state index >= 15 is 0 Å². The van der Waals surface area contributed by atoms with Crippen molar-refractivity contribution >= 4 is 21.7 Å². The van der Waals surface area contributed by atoms with Crippen LogP contribution >= 0.6 is 0 Å². The number of carbonyl (C=O) groups is 2. The van der Waals surface area contributed by atoms with Gasteiger partial charge in [-0.15, -0.1) is 0 Å². The third-order valence-electron chi connectivity index (χ3n) is 4.70. The summed E-state index contributed by atoms with van der Waals surface area (Å²) in [4.78, 5) is 24.1. The van der Waals surface area contributed by atoms with Gasteiger partial charge in [-0.3, -0.25) is 9.59 Å². The second-order valence-electron chi connectivity index (χ2n) is 6.58. The van der Waals surface area contributed by atoms with E-state index in [1.807, 2.05) is 0 Å². The summed E-state index contributed by atoms with van der Waals surface area (Å²) in [6.07, 6.45) is 4.88. The van der Waals surface area contributed by atoms with Crippen molar-refractivity contribution < 1.29 is 23.1 Å². The van der Waals surface area contributed by atoms with Gasteiger partial charge >= 0.3 is 5.97 Å². The molecule has 0 radical (unpaired) electrons. The number of carbonyl (C=O) groups excluding carboxylic acids is 1. The largest absolute Gasteiger partial charge is 0.481 e. The first kappa shape index (κ1) is 18.4. The maximum Gasteiger partial charge on any atom is 0.311 e. The molecule has 2 N–H and O–H groups in total. The van der Waals surface area contributed by atoms with Crippen molar-refractivity contribution in [3.8, 4) is 0 Å². The van der Waals surface area contributed by atoms with E-state index in [0.717, 1.165) is 25.5 Å². The van der Waals surface area contributed by atoms with E-state index in [-0.39, 0.29) is 17.0 Å². The van der Waals surface area contributed by atoms with Gasteiger partial charge in [-0.25, -0.2) is 8.42 Å². The van der Waals surface area contributed by atoms with Gasteiger partial charge in [0, 0.05) is 18.4 Å². The molecular weight excluding hydrogens is 330 g/mol. The number of aryl methyl sites for hydroxylation is 1. The Kier molecular flexibility index (Phi) is 5.32. The predicted molar refractivity (Wildman–Crippen MR) is 89.8 cm³/mol. The molecule has 0 bridgehead atoms. The Labute approximate surface area is 142 Å². The summed E-state index contributed by atoms with van der Waals surface area (Å²) < 4.78 is 23.5. The molecule has 1 aliphatic rings. The molecule has 1 aromatic rings. The van der Waals surface area contributed by atoms with Gasteiger partial charge in [0.1, 0.15) is 0 Å². The standard InChI is InChI=1S/C17H23NO5S/c1-12-6-7-13(10-14(12)24(2,22)23)15(19)18-11-17(16(20)21)8-4-3-5-9-17/h6-7,10H,3-5,8-9,11H2,1-2H3,(H,18,19)(H,20,21). The van der Waals surface area contributed by atoms with Gasteiger partial charge < -0.3 is 10.4 Å². The molecule has 0 saturated heterocycles. The van der Waals surface area contributed by atoms with E-state index < -0.39 is 27.1 Å². The number of nitrogens with one attached hydrogen (secondary N) is 1. The minimum atomic E-state index is -3.42. The quantitative estimate of drug-likeness (QED) is 0.845. The molecule has 0 spiro atoms. The molecule has 7 heteroatoms. The number of carboxylic acids is 1. The minimum absolute atomic E-state index is 0.0588. The second kappa shape index (κ2) is 6.93. The van der Waals surface area contributed by atoms with Crippen LogP contribution < -0.4 is 5.32 Å². The fourth-order valence-electron chi connectivity index (χ4n) is 3.19. The van der Waals surface area contributed by atoms with E-state index in [2.05, 4.69) is 5.32 Å². The molecule has 1 fully saturated rings. The first-order chi connectivity index (χ1) is 11.2. The van der Waals surface area contributed by atoms with Gasteiger partial charge in [-0.1, -0.05) is 25.3 Å². The Morgan fingerprint density at radius 2 is 1.83 bits per heavy atom. The van der Waals surface area contributed by atoms with Crippen LogP contribution in [0.1, 0.15) is 48.0 Å². The Morgan fingerprint density at radius 1 is 1.21 bits per heavy atom. The first-order valence-electron chi connectivity index (χ1n) is 7.98. The zero-order chi connectivity index (χ0) is 18.0. The monoisotopic (exact) mass is 353 g/mol. The molecule has 6 nitrogen and oxygen atoms in total. The normalized spacial score (nSPS) is 17.2. The zero-order valence-corrected chi connectivity index (χ0v) is 14.8. The van der Waals surface area contributed by atoms with Crippen LogP contribution in [0.5, 0.6) is 0 Å². The molecule has 1 aliphatic carbocycles. The van der Waals surface area contributed by atoms with Gasteiger partial charge in [0.2, 0.25) is 0 Å². The lowest BCUT2D eigenvalue weighted by Gasteiger charge is -2.33. The third kappa shape index (κ3) is 3.95. The number of benzene rings is 1. The van der Waals surface area contributed by atoms with Crippen LogP contribution in [0.2, 0.25) is 0 Å². The molecule has 24 heavy (non-hydrogen) atoms. The highest BCUT2D eigenvalue weighted by molar-refractivity contribution is 7.90. The SMILES string of the molecule is Cc1ccc(C(=O)NCC2(C(=O)O)CCCCC2)cc1S(C)(=O)=O. The average molecular weight is 353 g/mol. The molecule has 0 unspecified atom stereocenters. The van der Waals surface area contributed by atoms with Crippen molar-refractivity contribution in [2.45, 2.75) is 43.9 Å². The van der Waals surface area contributed by atoms with Crippen LogP contribution in [-0.4, -0.2) is 38.2 Å². The first-order valence-corrected chi connectivity index (χ1v) is 9.87. The molecule has 1 aromatic carbocycles. The van der Waals surface area contributed by atoms with Crippen molar-refractivity contribution in [1.82, 2.24) is 5.32 Å². The second-order valence-corrected chi connectivity index (χ2v) is 8.57. The van der Waals surface area contributed by atoms with Gasteiger partial charge in [0.25, 0.3) is 5.91 Å². The lowest BCUT2D eigenvalue weighted by molar-refractivity contribution is -0.150. The summed E-state index contributed by atoms with van der Waals surface area (Å²) in [5, 5.41) is 12.2. The van der Waals surface area contributed by atoms with Gasteiger partial charge in [0.15, 0.2) is 9.84 Å². The maximum atomic E-state index is 12.3. The van der Waals surface area contributed by atoms with Crippen molar-refractivity contribution in [3.05, 3.63) is 29.3 Å². The average Bonchev–Trinajstić information content (AvgIpc) is 2.52. The fraction of sp³-hybridized carbons (Fsp3) is 0.529. The predicted octanol–water partition coefficient (Wildman–Crippen LogP) is 2.16. The fourth-order valence-corrected chi connectivity index (χ4v) is 4.18. The van der Waals surface area contributed by atoms with Crippen molar-refractivity contribution in [3.63, 3.8) is 0 Å². The number of sulfone groups is 1. The molecule has 1 amide bonds. The summed E-state index contributed by atoms with van der Waals surface area (Å²) in [7, 11) is -3.42. The number of aliphatic carboxylic acids is 1. The Morgan fingerprint density at radius 3 is 2.38 bits per heavy atom. The van der Waals surface area contributed by atoms with Crippen LogP contribution in [0, 0.1) is 12.3 Å². The molecule has 0 heterocycles. The van der Waals surface area contributed by atoms with E-state index in [9.17, 15) is 23.1 Å².